The van der Waals surface area contributed by atoms with Gasteiger partial charge in [0.1, 0.15) is 11.8 Å². The number of nitriles is 1. The quantitative estimate of drug-likeness (QED) is 0.402. The molecule has 0 aliphatic heterocycles. The van der Waals surface area contributed by atoms with E-state index in [0.29, 0.717) is 0 Å². The summed E-state index contributed by atoms with van der Waals surface area (Å²) in [5.74, 6) is 0. The summed E-state index contributed by atoms with van der Waals surface area (Å²) in [7, 11) is 0. The minimum absolute atomic E-state index is 0.144. The van der Waals surface area contributed by atoms with Crippen LogP contribution < -0.4 is 0 Å². The molecule has 0 rings (SSSR count). The Morgan fingerprint density at radius 1 is 2.00 bits per heavy atom. The van der Waals surface area contributed by atoms with Crippen LogP contribution in [-0.4, -0.2) is 5.71 Å². The van der Waals surface area contributed by atoms with E-state index in [4.69, 9.17) is 5.26 Å². The summed E-state index contributed by atoms with van der Waals surface area (Å²) in [5.41, 5.74) is -0.144. The molecule has 0 saturated carbocycles. The number of halogens is 1. The van der Waals surface area contributed by atoms with E-state index in [0.717, 1.165) is 0 Å². The molecule has 0 bridgehead atoms. The van der Waals surface area contributed by atoms with Gasteiger partial charge in [0.05, 0.1) is 0 Å². The Morgan fingerprint density at radius 2 is 2.50 bits per heavy atom. The van der Waals surface area contributed by atoms with Gasteiger partial charge in [-0.3, -0.25) is 0 Å². The zero-order valence-corrected chi connectivity index (χ0v) is 3.27. The van der Waals surface area contributed by atoms with Crippen LogP contribution in [0.2, 0.25) is 0 Å². The zero-order valence-electron chi connectivity index (χ0n) is 3.27. The molecule has 0 radical (unpaired) electrons. The van der Waals surface area contributed by atoms with Gasteiger partial charge in [0.25, 0.3) is 0 Å². The number of hydrogen-bond donors (Lipinski definition) is 0. The molecule has 0 fully saturated rings. The molecule has 0 unspecified atom stereocenters. The molecule has 0 spiro atoms. The van der Waals surface area contributed by atoms with Crippen LogP contribution in [0.1, 0.15) is 6.92 Å². The zero-order chi connectivity index (χ0) is 4.99. The second kappa shape index (κ2) is 2.33. The molecule has 0 saturated heterocycles. The van der Waals surface area contributed by atoms with E-state index in [2.05, 4.69) is 5.21 Å². The second-order valence-electron chi connectivity index (χ2n) is 0.782. The summed E-state index contributed by atoms with van der Waals surface area (Å²) >= 11 is 0. The number of hydrogen-bond acceptors (Lipinski definition) is 2. The number of nitrogens with zero attached hydrogens (tertiary/aromatic N) is 2. The predicted octanol–water partition coefficient (Wildman–Crippen LogP) is 0.855. The largest absolute Gasteiger partial charge is 0.191 e. The summed E-state index contributed by atoms with van der Waals surface area (Å²) in [6.45, 7) is 1.29. The van der Waals surface area contributed by atoms with Crippen molar-refractivity contribution in [3.8, 4) is 6.07 Å². The lowest BCUT2D eigenvalue weighted by molar-refractivity contribution is 0.538. The van der Waals surface area contributed by atoms with Gasteiger partial charge in [-0.25, -0.2) is 0 Å². The summed E-state index contributed by atoms with van der Waals surface area (Å²) in [4.78, 5) is 0. The van der Waals surface area contributed by atoms with Crippen LogP contribution in [0.25, 0.3) is 0 Å². The molecule has 0 heterocycles. The smallest absolute Gasteiger partial charge is 0.147 e. The molecular weight excluding hydrogens is 83.0 g/mol. The molecule has 6 heavy (non-hydrogen) atoms. The van der Waals surface area contributed by atoms with Crippen LogP contribution >= 0.6 is 0 Å². The van der Waals surface area contributed by atoms with Gasteiger partial charge in [0.15, 0.2) is 0 Å². The van der Waals surface area contributed by atoms with Gasteiger partial charge in [0.2, 0.25) is 0 Å². The van der Waals surface area contributed by atoms with Gasteiger partial charge in [-0.15, -0.1) is 0 Å². The van der Waals surface area contributed by atoms with Crippen molar-refractivity contribution in [1.29, 1.82) is 5.26 Å². The van der Waals surface area contributed by atoms with Crippen LogP contribution in [0.15, 0.2) is 5.21 Å². The molecule has 2 nitrogen and oxygen atoms in total. The highest BCUT2D eigenvalue weighted by Gasteiger charge is 1.77. The molecule has 0 aliphatic carbocycles. The molecular formula is C3H3FN2. The summed E-state index contributed by atoms with van der Waals surface area (Å²) in [6.07, 6.45) is 0. The molecule has 0 atom stereocenters. The van der Waals surface area contributed by atoms with Crippen molar-refractivity contribution in [1.82, 2.24) is 0 Å². The molecule has 0 N–H and O–H groups in total. The number of rotatable bonds is 0. The topological polar surface area (TPSA) is 36.1 Å². The van der Waals surface area contributed by atoms with E-state index in [1.165, 1.54) is 13.0 Å². The van der Waals surface area contributed by atoms with Crippen molar-refractivity contribution in [2.45, 2.75) is 6.92 Å². The molecule has 0 aromatic carbocycles. The lowest BCUT2D eigenvalue weighted by atomic mass is 10.5. The van der Waals surface area contributed by atoms with E-state index >= 15 is 0 Å². The second-order valence-corrected chi connectivity index (χ2v) is 0.782. The standard InChI is InChI=1S/C3H3FN2/c1-3(2-5)6-4/h1H3/b6-3+. The van der Waals surface area contributed by atoms with Crippen LogP contribution in [-0.2, 0) is 0 Å². The fraction of sp³-hybridized carbons (Fsp3) is 0.333. The summed E-state index contributed by atoms with van der Waals surface area (Å²) in [5, 5.41) is 9.78. The van der Waals surface area contributed by atoms with Crippen molar-refractivity contribution >= 4 is 5.71 Å². The molecule has 0 aliphatic rings. The third kappa shape index (κ3) is 1.41. The first-order valence-electron chi connectivity index (χ1n) is 1.37. The highest BCUT2D eigenvalue weighted by Crippen LogP contribution is 1.71. The van der Waals surface area contributed by atoms with Crippen molar-refractivity contribution in [3.05, 3.63) is 0 Å². The van der Waals surface area contributed by atoms with Gasteiger partial charge in [-0.2, -0.15) is 5.26 Å². The highest BCUT2D eigenvalue weighted by molar-refractivity contribution is 5.95. The van der Waals surface area contributed by atoms with Crippen LogP contribution in [0.5, 0.6) is 0 Å². The maximum atomic E-state index is 10.8. The van der Waals surface area contributed by atoms with E-state index in [-0.39, 0.29) is 5.71 Å². The van der Waals surface area contributed by atoms with Gasteiger partial charge >= 0.3 is 0 Å². The van der Waals surface area contributed by atoms with Crippen molar-refractivity contribution in [3.63, 3.8) is 0 Å². The normalized spacial score (nSPS) is 10.5. The van der Waals surface area contributed by atoms with Crippen molar-refractivity contribution in [2.24, 2.45) is 5.21 Å². The molecule has 32 valence electrons. The first kappa shape index (κ1) is 5.09. The van der Waals surface area contributed by atoms with Crippen molar-refractivity contribution < 1.29 is 4.48 Å². The Bertz CT molecular complexity index is 99.9. The van der Waals surface area contributed by atoms with Crippen molar-refractivity contribution in [2.75, 3.05) is 0 Å². The lowest BCUT2D eigenvalue weighted by Gasteiger charge is -1.65. The average Bonchev–Trinajstić information content (AvgIpc) is 1.65. The van der Waals surface area contributed by atoms with Gasteiger partial charge in [-0.05, 0) is 6.92 Å². The minimum Gasteiger partial charge on any atom is -0.191 e. The minimum atomic E-state index is -0.144. The SMILES string of the molecule is C/C(C#N)=N\F. The molecule has 0 aromatic rings. The van der Waals surface area contributed by atoms with Crippen LogP contribution in [0.4, 0.5) is 4.48 Å². The highest BCUT2D eigenvalue weighted by atomic mass is 19.2. The van der Waals surface area contributed by atoms with Crippen LogP contribution in [0.3, 0.4) is 0 Å². The Morgan fingerprint density at radius 3 is 2.50 bits per heavy atom. The fourth-order valence-corrected chi connectivity index (χ4v) is 0.0189. The van der Waals surface area contributed by atoms with Gasteiger partial charge in [0, 0.05) is 0 Å². The maximum absolute atomic E-state index is 10.8. The predicted molar refractivity (Wildman–Crippen MR) is 19.8 cm³/mol. The van der Waals surface area contributed by atoms with Gasteiger partial charge < -0.3 is 0 Å². The van der Waals surface area contributed by atoms with E-state index in [9.17, 15) is 4.48 Å². The first-order chi connectivity index (χ1) is 2.81. The Hall–Kier alpha value is -0.910. The fourth-order valence-electron chi connectivity index (χ4n) is 0.0189. The average molecular weight is 86.1 g/mol. The Labute approximate surface area is 34.9 Å². The summed E-state index contributed by atoms with van der Waals surface area (Å²) < 4.78 is 10.8. The van der Waals surface area contributed by atoms with Gasteiger partial charge in [-0.1, -0.05) is 9.70 Å². The molecule has 0 aromatic heterocycles. The van der Waals surface area contributed by atoms with Crippen LogP contribution in [0, 0.1) is 11.3 Å². The third-order valence-corrected chi connectivity index (χ3v) is 0.289. The summed E-state index contributed by atoms with van der Waals surface area (Å²) in [6, 6.07) is 1.49. The first-order valence-corrected chi connectivity index (χ1v) is 1.37. The monoisotopic (exact) mass is 86.0 g/mol. The third-order valence-electron chi connectivity index (χ3n) is 0.289. The van der Waals surface area contributed by atoms with E-state index in [1.807, 2.05) is 0 Å². The van der Waals surface area contributed by atoms with E-state index in [1.54, 1.807) is 0 Å². The Kier molecular flexibility index (Phi) is 1.98. The molecule has 3 heteroatoms. The van der Waals surface area contributed by atoms with E-state index < -0.39 is 0 Å². The molecule has 0 amide bonds. The maximum Gasteiger partial charge on any atom is 0.147 e. The lowest BCUT2D eigenvalue weighted by Crippen LogP contribution is -1.77. The Balaban J connectivity index is 3.61.